The van der Waals surface area contributed by atoms with E-state index in [-0.39, 0.29) is 73.9 Å². The standard InChI is InChI=1S/Al.3Li.H3O4P.3H/c;;;;1-5(2,3)4;;;/h;;;;(H3,1,2,3,4);;;/q;3*+1;;;;/p-3. The fraction of sp³-hybridized carbons (Fsp3) is 0. The Morgan fingerprint density at radius 1 is 0.889 bits per heavy atom. The van der Waals surface area contributed by atoms with Crippen LogP contribution in [0.2, 0.25) is 0 Å². The van der Waals surface area contributed by atoms with Crippen molar-refractivity contribution in [2.24, 2.45) is 0 Å². The first-order valence-corrected chi connectivity index (χ1v) is 2.19. The zero-order valence-corrected chi connectivity index (χ0v) is 5.97. The van der Waals surface area contributed by atoms with Gasteiger partial charge in [-0.2, -0.15) is 7.82 Å². The van der Waals surface area contributed by atoms with Crippen molar-refractivity contribution in [3.05, 3.63) is 0 Å². The van der Waals surface area contributed by atoms with Crippen LogP contribution in [0.3, 0.4) is 0 Å². The summed E-state index contributed by atoms with van der Waals surface area (Å²) in [6.45, 7) is 0. The van der Waals surface area contributed by atoms with Crippen LogP contribution in [0.5, 0.6) is 0 Å². The third-order valence-electron chi connectivity index (χ3n) is 0. The van der Waals surface area contributed by atoms with Gasteiger partial charge in [-0.15, -0.1) is 0 Å². The summed E-state index contributed by atoms with van der Waals surface area (Å²) in [5.74, 6) is 0. The number of hydrogen-bond acceptors (Lipinski definition) is 4. The molecule has 9 heavy (non-hydrogen) atoms. The quantitative estimate of drug-likeness (QED) is 0.250. The van der Waals surface area contributed by atoms with Crippen LogP contribution in [-0.4, -0.2) is 17.4 Å². The van der Waals surface area contributed by atoms with Crippen LogP contribution in [0, 0.1) is 0 Å². The maximum Gasteiger partial charge on any atom is 1.00 e. The average molecular weight is 146 g/mol. The Bertz CT molecular complexity index is 61.9. The van der Waals surface area contributed by atoms with Crippen molar-refractivity contribution >= 4 is 25.2 Å². The van der Waals surface area contributed by atoms with Crippen molar-refractivity contribution in [2.75, 3.05) is 0 Å². The molecule has 38 valence electrons. The molecule has 0 atom stereocenters. The smallest absolute Gasteiger partial charge is 0.822 e. The second-order valence-electron chi connectivity index (χ2n) is 0.447. The summed E-state index contributed by atoms with van der Waals surface area (Å²) in [6.07, 6.45) is 0. The molecule has 0 N–H and O–H groups in total. The minimum atomic E-state index is -5.39. The summed E-state index contributed by atoms with van der Waals surface area (Å²) in [5.41, 5.74) is 0. The van der Waals surface area contributed by atoms with E-state index in [2.05, 4.69) is 0 Å². The SMILES string of the molecule is O=P([O-])([O-])[O-].[AlH3].[Li+].[Li+].[Li+]. The zero-order valence-electron chi connectivity index (χ0n) is 5.08. The van der Waals surface area contributed by atoms with E-state index >= 15 is 0 Å². The number of rotatable bonds is 0. The first kappa shape index (κ1) is 30.1. The minimum Gasteiger partial charge on any atom is -0.822 e. The molecule has 4 nitrogen and oxygen atoms in total. The molecule has 0 fully saturated rings. The summed E-state index contributed by atoms with van der Waals surface area (Å²) in [4.78, 5) is 25.6. The molecule has 0 aromatic heterocycles. The molecule has 0 rings (SSSR count). The van der Waals surface area contributed by atoms with Crippen LogP contribution >= 0.6 is 7.82 Å². The van der Waals surface area contributed by atoms with Gasteiger partial charge in [-0.25, -0.2) is 0 Å². The van der Waals surface area contributed by atoms with Gasteiger partial charge in [-0.1, -0.05) is 0 Å². The van der Waals surface area contributed by atoms with Gasteiger partial charge < -0.3 is 19.2 Å². The Kier molecular flexibility index (Phi) is 43.6. The van der Waals surface area contributed by atoms with Gasteiger partial charge in [-0.05, 0) is 0 Å². The number of hydrogen-bond donors (Lipinski definition) is 0. The monoisotopic (exact) mass is 146 g/mol. The van der Waals surface area contributed by atoms with E-state index < -0.39 is 7.82 Å². The molecule has 0 aliphatic heterocycles. The summed E-state index contributed by atoms with van der Waals surface area (Å²) in [5, 5.41) is 0. The normalized spacial score (nSPS) is 6.56. The molecule has 0 saturated heterocycles. The molecule has 0 amide bonds. The van der Waals surface area contributed by atoms with Crippen molar-refractivity contribution < 1.29 is 75.8 Å². The average Bonchev–Trinajstić information content (AvgIpc) is 0.722. The number of phosphoric acid groups is 1. The second-order valence-corrected chi connectivity index (χ2v) is 1.34. The third kappa shape index (κ3) is 125. The second kappa shape index (κ2) is 13.1. The molecule has 0 aliphatic carbocycles. The summed E-state index contributed by atoms with van der Waals surface area (Å²) in [6, 6.07) is 0. The molecule has 9 heteroatoms. The van der Waals surface area contributed by atoms with Crippen molar-refractivity contribution in [3.63, 3.8) is 0 Å². The van der Waals surface area contributed by atoms with Crippen LogP contribution in [0.25, 0.3) is 0 Å². The Hall–Kier alpha value is 2.43. The van der Waals surface area contributed by atoms with Gasteiger partial charge in [0.1, 0.15) is 0 Å². The van der Waals surface area contributed by atoms with Gasteiger partial charge in [0, 0.05) is 0 Å². The minimum absolute atomic E-state index is 0. The fourth-order valence-electron chi connectivity index (χ4n) is 0. The molecular weight excluding hydrogens is 143 g/mol. The molecule has 0 aromatic rings. The largest absolute Gasteiger partial charge is 1.00 e. The van der Waals surface area contributed by atoms with Crippen LogP contribution in [0.1, 0.15) is 0 Å². The van der Waals surface area contributed by atoms with Crippen LogP contribution in [-0.2, 0) is 4.57 Å². The van der Waals surface area contributed by atoms with Gasteiger partial charge in [0.05, 0.1) is 0 Å². The van der Waals surface area contributed by atoms with Gasteiger partial charge in [0.15, 0.2) is 17.4 Å². The van der Waals surface area contributed by atoms with Gasteiger partial charge in [0.25, 0.3) is 0 Å². The Balaban J connectivity index is -0.0000000133. The Labute approximate surface area is 100 Å². The van der Waals surface area contributed by atoms with Gasteiger partial charge in [0.2, 0.25) is 0 Å². The first-order chi connectivity index (χ1) is 2.00. The fourth-order valence-corrected chi connectivity index (χ4v) is 0. The van der Waals surface area contributed by atoms with Gasteiger partial charge in [-0.3, -0.25) is 0 Å². The first-order valence-electron chi connectivity index (χ1n) is 0.730. The van der Waals surface area contributed by atoms with Crippen molar-refractivity contribution in [1.82, 2.24) is 0 Å². The van der Waals surface area contributed by atoms with E-state index in [9.17, 15) is 0 Å². The Morgan fingerprint density at radius 2 is 0.889 bits per heavy atom. The molecular formula is H3AlLi3O4P. The zero-order chi connectivity index (χ0) is 4.50. The summed E-state index contributed by atoms with van der Waals surface area (Å²) < 4.78 is 8.55. The van der Waals surface area contributed by atoms with Crippen molar-refractivity contribution in [1.29, 1.82) is 0 Å². The van der Waals surface area contributed by atoms with E-state index in [1.165, 1.54) is 0 Å². The molecule has 0 bridgehead atoms. The van der Waals surface area contributed by atoms with Crippen LogP contribution in [0.4, 0.5) is 0 Å². The van der Waals surface area contributed by atoms with E-state index in [4.69, 9.17) is 19.2 Å². The summed E-state index contributed by atoms with van der Waals surface area (Å²) in [7, 11) is -5.39. The van der Waals surface area contributed by atoms with E-state index in [0.717, 1.165) is 0 Å². The van der Waals surface area contributed by atoms with E-state index in [1.54, 1.807) is 0 Å². The predicted molar refractivity (Wildman–Crippen MR) is 17.5 cm³/mol. The van der Waals surface area contributed by atoms with E-state index in [0.29, 0.717) is 0 Å². The predicted octanol–water partition coefficient (Wildman–Crippen LogP) is -13.0. The molecule has 0 spiro atoms. The Morgan fingerprint density at radius 3 is 0.889 bits per heavy atom. The molecule has 0 aromatic carbocycles. The van der Waals surface area contributed by atoms with Gasteiger partial charge >= 0.3 is 56.6 Å². The van der Waals surface area contributed by atoms with Crippen LogP contribution < -0.4 is 71.3 Å². The summed E-state index contributed by atoms with van der Waals surface area (Å²) >= 11 is 0. The molecule has 0 radical (unpaired) electrons. The molecule has 0 heterocycles. The van der Waals surface area contributed by atoms with Crippen molar-refractivity contribution in [2.45, 2.75) is 0 Å². The maximum absolute atomic E-state index is 8.55. The van der Waals surface area contributed by atoms with Crippen LogP contribution in [0.15, 0.2) is 0 Å². The molecule has 0 aliphatic rings. The third-order valence-corrected chi connectivity index (χ3v) is 0. The molecule has 0 saturated carbocycles. The maximum atomic E-state index is 8.55. The topological polar surface area (TPSA) is 86.2 Å². The van der Waals surface area contributed by atoms with E-state index in [1.807, 2.05) is 0 Å². The molecule has 0 unspecified atom stereocenters. The van der Waals surface area contributed by atoms with Crippen molar-refractivity contribution in [3.8, 4) is 0 Å².